The lowest BCUT2D eigenvalue weighted by atomic mass is 9.50. The van der Waals surface area contributed by atoms with E-state index in [1.165, 1.54) is 25.7 Å². The molecule has 2 nitrogen and oxygen atoms in total. The molecule has 0 radical (unpaired) electrons. The third kappa shape index (κ3) is 1.96. The summed E-state index contributed by atoms with van der Waals surface area (Å²) in [6.07, 6.45) is 5.84. The minimum atomic E-state index is 0.118. The van der Waals surface area contributed by atoms with Gasteiger partial charge in [-0.15, -0.1) is 0 Å². The van der Waals surface area contributed by atoms with Gasteiger partial charge in [-0.05, 0) is 53.6 Å². The lowest BCUT2D eigenvalue weighted by Gasteiger charge is -2.55. The second-order valence-corrected chi connectivity index (χ2v) is 6.75. The summed E-state index contributed by atoms with van der Waals surface area (Å²) in [6, 6.07) is 0. The maximum atomic E-state index is 9.70. The molecule has 0 saturated heterocycles. The first kappa shape index (κ1) is 13.1. The van der Waals surface area contributed by atoms with Crippen LogP contribution in [0.1, 0.15) is 52.9 Å². The van der Waals surface area contributed by atoms with Gasteiger partial charge in [-0.3, -0.25) is 0 Å². The molecule has 0 aromatic heterocycles. The van der Waals surface area contributed by atoms with Crippen LogP contribution >= 0.6 is 0 Å². The summed E-state index contributed by atoms with van der Waals surface area (Å²) in [7, 11) is 0. The third-order valence-corrected chi connectivity index (χ3v) is 5.43. The van der Waals surface area contributed by atoms with Crippen LogP contribution in [0, 0.1) is 16.7 Å². The molecule has 1 fully saturated rings. The van der Waals surface area contributed by atoms with Gasteiger partial charge in [-0.25, -0.2) is 0 Å². The highest BCUT2D eigenvalue weighted by atomic mass is 16.3. The Balaban J connectivity index is 2.43. The van der Waals surface area contributed by atoms with E-state index in [1.54, 1.807) is 0 Å². The Labute approximate surface area is 105 Å². The van der Waals surface area contributed by atoms with Gasteiger partial charge < -0.3 is 10.2 Å². The van der Waals surface area contributed by atoms with Crippen LogP contribution in [-0.4, -0.2) is 23.4 Å². The molecule has 0 spiro atoms. The summed E-state index contributed by atoms with van der Waals surface area (Å²) in [5.74, 6) is 0.654. The number of aliphatic hydroxyl groups is 2. The van der Waals surface area contributed by atoms with Crippen LogP contribution in [0.25, 0.3) is 0 Å². The lowest BCUT2D eigenvalue weighted by molar-refractivity contribution is 0.00402. The summed E-state index contributed by atoms with van der Waals surface area (Å²) >= 11 is 0. The van der Waals surface area contributed by atoms with Gasteiger partial charge in [0.1, 0.15) is 0 Å². The molecule has 0 heterocycles. The molecule has 2 heteroatoms. The molecular formula is C15H26O2. The van der Waals surface area contributed by atoms with E-state index in [0.29, 0.717) is 11.3 Å². The molecule has 0 aliphatic heterocycles. The molecule has 98 valence electrons. The molecule has 0 amide bonds. The Morgan fingerprint density at radius 2 is 1.82 bits per heavy atom. The molecule has 0 aromatic carbocycles. The van der Waals surface area contributed by atoms with Crippen molar-refractivity contribution < 1.29 is 10.2 Å². The summed E-state index contributed by atoms with van der Waals surface area (Å²) in [4.78, 5) is 0. The van der Waals surface area contributed by atoms with Crippen LogP contribution < -0.4 is 0 Å². The predicted molar refractivity (Wildman–Crippen MR) is 69.7 cm³/mol. The molecule has 1 saturated carbocycles. The first-order chi connectivity index (χ1) is 7.95. The molecule has 2 N–H and O–H groups in total. The Hall–Kier alpha value is -0.340. The van der Waals surface area contributed by atoms with E-state index >= 15 is 0 Å². The lowest BCUT2D eigenvalue weighted by Crippen LogP contribution is -2.46. The van der Waals surface area contributed by atoms with E-state index in [2.05, 4.69) is 20.8 Å². The summed E-state index contributed by atoms with van der Waals surface area (Å²) < 4.78 is 0. The number of hydrogen-bond donors (Lipinski definition) is 2. The van der Waals surface area contributed by atoms with Gasteiger partial charge in [0.15, 0.2) is 0 Å². The zero-order valence-electron chi connectivity index (χ0n) is 11.4. The Bertz CT molecular complexity index is 330. The zero-order valence-corrected chi connectivity index (χ0v) is 11.4. The molecule has 2 aliphatic carbocycles. The van der Waals surface area contributed by atoms with Crippen LogP contribution in [0.4, 0.5) is 0 Å². The van der Waals surface area contributed by atoms with Gasteiger partial charge in [0.25, 0.3) is 0 Å². The Morgan fingerprint density at radius 1 is 1.12 bits per heavy atom. The fourth-order valence-electron chi connectivity index (χ4n) is 4.53. The fraction of sp³-hybridized carbons (Fsp3) is 0.867. The second-order valence-electron chi connectivity index (χ2n) is 6.75. The number of fused-ring (bicyclic) bond motifs is 1. The summed E-state index contributed by atoms with van der Waals surface area (Å²) in [6.45, 7) is 7.29. The van der Waals surface area contributed by atoms with Crippen molar-refractivity contribution in [2.45, 2.75) is 52.9 Å². The predicted octanol–water partition coefficient (Wildman–Crippen LogP) is 2.89. The smallest absolute Gasteiger partial charge is 0.0650 e. The molecule has 2 rings (SSSR count). The van der Waals surface area contributed by atoms with E-state index in [-0.39, 0.29) is 18.6 Å². The van der Waals surface area contributed by atoms with Crippen LogP contribution in [-0.2, 0) is 0 Å². The van der Waals surface area contributed by atoms with E-state index < -0.39 is 0 Å². The Morgan fingerprint density at radius 3 is 2.41 bits per heavy atom. The van der Waals surface area contributed by atoms with Gasteiger partial charge in [0.2, 0.25) is 0 Å². The van der Waals surface area contributed by atoms with Crippen LogP contribution in [0.15, 0.2) is 11.1 Å². The fourth-order valence-corrected chi connectivity index (χ4v) is 4.53. The highest BCUT2D eigenvalue weighted by molar-refractivity contribution is 5.29. The Kier molecular flexibility index (Phi) is 3.39. The van der Waals surface area contributed by atoms with Crippen LogP contribution in [0.5, 0.6) is 0 Å². The number of aliphatic hydroxyl groups excluding tert-OH is 2. The quantitative estimate of drug-likeness (QED) is 0.726. The minimum absolute atomic E-state index is 0.118. The molecule has 0 bridgehead atoms. The average Bonchev–Trinajstić information content (AvgIpc) is 2.26. The topological polar surface area (TPSA) is 40.5 Å². The molecule has 2 atom stereocenters. The largest absolute Gasteiger partial charge is 0.392 e. The van der Waals surface area contributed by atoms with Gasteiger partial charge in [0.05, 0.1) is 13.2 Å². The van der Waals surface area contributed by atoms with Crippen molar-refractivity contribution >= 4 is 0 Å². The molecule has 0 unspecified atom stereocenters. The standard InChI is InChI=1S/C15H26O2/c1-14(2)7-4-8-15(3)12(10-17)11(9-16)5-6-13(14)15/h13,16-17H,4-10H2,1-3H3/t13-,15-/m0/s1. The third-order valence-electron chi connectivity index (χ3n) is 5.43. The van der Waals surface area contributed by atoms with Crippen LogP contribution in [0.3, 0.4) is 0 Å². The maximum absolute atomic E-state index is 9.70. The van der Waals surface area contributed by atoms with Gasteiger partial charge >= 0.3 is 0 Å². The summed E-state index contributed by atoms with van der Waals surface area (Å²) in [5, 5.41) is 19.2. The van der Waals surface area contributed by atoms with E-state index in [0.717, 1.165) is 17.6 Å². The maximum Gasteiger partial charge on any atom is 0.0650 e. The molecule has 0 aromatic rings. The first-order valence-electron chi connectivity index (χ1n) is 6.89. The van der Waals surface area contributed by atoms with Gasteiger partial charge in [-0.2, -0.15) is 0 Å². The van der Waals surface area contributed by atoms with E-state index in [9.17, 15) is 10.2 Å². The van der Waals surface area contributed by atoms with Crippen molar-refractivity contribution in [3.05, 3.63) is 11.1 Å². The zero-order chi connectivity index (χ0) is 12.7. The van der Waals surface area contributed by atoms with E-state index in [4.69, 9.17) is 0 Å². The average molecular weight is 238 g/mol. The van der Waals surface area contributed by atoms with E-state index in [1.807, 2.05) is 0 Å². The van der Waals surface area contributed by atoms with Crippen molar-refractivity contribution in [2.75, 3.05) is 13.2 Å². The number of rotatable bonds is 2. The normalized spacial score (nSPS) is 36.9. The molecular weight excluding hydrogens is 212 g/mol. The highest BCUT2D eigenvalue weighted by Gasteiger charge is 2.50. The van der Waals surface area contributed by atoms with Gasteiger partial charge in [-0.1, -0.05) is 27.2 Å². The number of hydrogen-bond acceptors (Lipinski definition) is 2. The SMILES string of the molecule is CC1(C)CCC[C@@]2(C)C(CO)=C(CO)CC[C@@H]12. The first-order valence-corrected chi connectivity index (χ1v) is 6.89. The van der Waals surface area contributed by atoms with Crippen molar-refractivity contribution in [1.82, 2.24) is 0 Å². The second kappa shape index (κ2) is 4.40. The van der Waals surface area contributed by atoms with Crippen molar-refractivity contribution in [1.29, 1.82) is 0 Å². The van der Waals surface area contributed by atoms with Crippen molar-refractivity contribution in [3.63, 3.8) is 0 Å². The minimum Gasteiger partial charge on any atom is -0.392 e. The highest BCUT2D eigenvalue weighted by Crippen LogP contribution is 2.59. The summed E-state index contributed by atoms with van der Waals surface area (Å²) in [5.41, 5.74) is 2.73. The monoisotopic (exact) mass is 238 g/mol. The van der Waals surface area contributed by atoms with Crippen molar-refractivity contribution in [3.8, 4) is 0 Å². The molecule has 2 aliphatic rings. The molecule has 17 heavy (non-hydrogen) atoms. The van der Waals surface area contributed by atoms with Crippen LogP contribution in [0.2, 0.25) is 0 Å². The van der Waals surface area contributed by atoms with Gasteiger partial charge in [0, 0.05) is 0 Å². The van der Waals surface area contributed by atoms with Crippen molar-refractivity contribution in [2.24, 2.45) is 16.7 Å².